The van der Waals surface area contributed by atoms with Crippen LogP contribution in [-0.2, 0) is 0 Å². The largest absolute Gasteiger partial charge is 0.497 e. The molecule has 0 heterocycles. The number of hydrogen-bond acceptors (Lipinski definition) is 3. The monoisotopic (exact) mass is 476 g/mol. The van der Waals surface area contributed by atoms with Crippen molar-refractivity contribution in [3.05, 3.63) is 70.8 Å². The Morgan fingerprint density at radius 2 is 0.970 bits per heavy atom. The van der Waals surface area contributed by atoms with E-state index in [0.717, 1.165) is 21.3 Å². The second-order valence-electron chi connectivity index (χ2n) is 6.64. The summed E-state index contributed by atoms with van der Waals surface area (Å²) in [5, 5.41) is 0. The second kappa shape index (κ2) is 9.20. The molecular formula is C21H13BF8O3. The topological polar surface area (TPSA) is 27.7 Å². The minimum Gasteiger partial charge on any atom is -0.497 e. The van der Waals surface area contributed by atoms with Crippen LogP contribution in [0.3, 0.4) is 0 Å². The van der Waals surface area contributed by atoms with E-state index in [9.17, 15) is 22.0 Å². The fraction of sp³-hybridized carbons (Fsp3) is 0.143. The van der Waals surface area contributed by atoms with Crippen LogP contribution in [0.4, 0.5) is 35.1 Å². The zero-order valence-electron chi connectivity index (χ0n) is 17.1. The molecule has 3 nitrogen and oxygen atoms in total. The first-order chi connectivity index (χ1) is 15.6. The Morgan fingerprint density at radius 1 is 0.515 bits per heavy atom. The van der Waals surface area contributed by atoms with Crippen LogP contribution in [0.15, 0.2) is 24.3 Å². The van der Waals surface area contributed by atoms with Gasteiger partial charge < -0.3 is 14.2 Å². The maximum absolute atomic E-state index is 15.1. The highest BCUT2D eigenvalue weighted by Gasteiger charge is 2.41. The fourth-order valence-corrected chi connectivity index (χ4v) is 3.57. The van der Waals surface area contributed by atoms with Crippen molar-refractivity contribution in [2.45, 2.75) is 0 Å². The number of rotatable bonds is 6. The third-order valence-electron chi connectivity index (χ3n) is 4.87. The van der Waals surface area contributed by atoms with Gasteiger partial charge in [0.1, 0.15) is 17.4 Å². The van der Waals surface area contributed by atoms with Gasteiger partial charge in [-0.25, -0.2) is 35.1 Å². The van der Waals surface area contributed by atoms with Crippen molar-refractivity contribution >= 4 is 23.1 Å². The summed E-state index contributed by atoms with van der Waals surface area (Å²) < 4.78 is 131. The van der Waals surface area contributed by atoms with E-state index in [4.69, 9.17) is 14.2 Å². The summed E-state index contributed by atoms with van der Waals surface area (Å²) in [5.41, 5.74) is -3.26. The molecule has 3 aromatic carbocycles. The summed E-state index contributed by atoms with van der Waals surface area (Å²) in [6, 6.07) is 1.09. The number of benzene rings is 3. The van der Waals surface area contributed by atoms with Gasteiger partial charge in [-0.3, -0.25) is 0 Å². The van der Waals surface area contributed by atoms with Crippen molar-refractivity contribution in [2.24, 2.45) is 0 Å². The molecule has 0 spiro atoms. The van der Waals surface area contributed by atoms with E-state index in [-0.39, 0.29) is 18.2 Å². The van der Waals surface area contributed by atoms with Gasteiger partial charge in [-0.05, 0) is 0 Å². The summed E-state index contributed by atoms with van der Waals surface area (Å²) >= 11 is 0. The summed E-state index contributed by atoms with van der Waals surface area (Å²) in [7, 11) is 2.62. The number of ether oxygens (including phenoxy) is 3. The minimum atomic E-state index is -2.36. The van der Waals surface area contributed by atoms with Crippen molar-refractivity contribution in [1.29, 1.82) is 0 Å². The molecule has 0 unspecified atom stereocenters. The van der Waals surface area contributed by atoms with Gasteiger partial charge in [0.25, 0.3) is 6.71 Å². The Balaban J connectivity index is 2.62. The summed E-state index contributed by atoms with van der Waals surface area (Å²) in [6.07, 6.45) is 0. The molecule has 0 aliphatic carbocycles. The van der Waals surface area contributed by atoms with Gasteiger partial charge in [0.2, 0.25) is 0 Å². The van der Waals surface area contributed by atoms with Gasteiger partial charge in [0.15, 0.2) is 46.4 Å². The first-order valence-electron chi connectivity index (χ1n) is 9.02. The lowest BCUT2D eigenvalue weighted by atomic mass is 9.35. The van der Waals surface area contributed by atoms with E-state index in [1.807, 2.05) is 0 Å². The molecule has 0 aliphatic heterocycles. The van der Waals surface area contributed by atoms with E-state index in [1.165, 1.54) is 0 Å². The van der Waals surface area contributed by atoms with Crippen LogP contribution in [0.5, 0.6) is 17.2 Å². The van der Waals surface area contributed by atoms with Crippen molar-refractivity contribution in [2.75, 3.05) is 21.3 Å². The molecule has 174 valence electrons. The van der Waals surface area contributed by atoms with Crippen LogP contribution in [0, 0.1) is 46.5 Å². The molecule has 0 saturated carbocycles. The van der Waals surface area contributed by atoms with Crippen LogP contribution in [0.25, 0.3) is 0 Å². The Bertz CT molecular complexity index is 1170. The molecule has 0 fully saturated rings. The van der Waals surface area contributed by atoms with Crippen LogP contribution in [-0.4, -0.2) is 28.0 Å². The third-order valence-corrected chi connectivity index (χ3v) is 4.87. The average molecular weight is 476 g/mol. The molecule has 3 rings (SSSR count). The van der Waals surface area contributed by atoms with Gasteiger partial charge in [-0.1, -0.05) is 0 Å². The lowest BCUT2D eigenvalue weighted by molar-refractivity contribution is 0.379. The first-order valence-corrected chi connectivity index (χ1v) is 9.02. The third kappa shape index (κ3) is 4.05. The van der Waals surface area contributed by atoms with Crippen molar-refractivity contribution < 1.29 is 49.3 Å². The second-order valence-corrected chi connectivity index (χ2v) is 6.64. The van der Waals surface area contributed by atoms with Crippen LogP contribution < -0.4 is 30.6 Å². The van der Waals surface area contributed by atoms with E-state index in [0.29, 0.717) is 6.07 Å². The molecule has 0 amide bonds. The first kappa shape index (κ1) is 24.2. The lowest BCUT2D eigenvalue weighted by Gasteiger charge is -2.24. The predicted octanol–water partition coefficient (Wildman–Crippen LogP) is 3.34. The Hall–Kier alpha value is -3.44. The Morgan fingerprint density at radius 3 is 1.36 bits per heavy atom. The van der Waals surface area contributed by atoms with Gasteiger partial charge in [0, 0.05) is 40.7 Å². The Labute approximate surface area is 182 Å². The minimum absolute atomic E-state index is 0.104. The van der Waals surface area contributed by atoms with E-state index in [2.05, 4.69) is 0 Å². The van der Waals surface area contributed by atoms with E-state index >= 15 is 13.2 Å². The SMILES string of the molecule is COc1cc(F)cc(F)c1B(c1c(F)c(F)cc(F)c1OC)c1c(F)c(F)cc(F)c1OC. The summed E-state index contributed by atoms with van der Waals surface area (Å²) in [5.74, 6) is -15.7. The molecule has 33 heavy (non-hydrogen) atoms. The highest BCUT2D eigenvalue weighted by molar-refractivity contribution is 6.97. The van der Waals surface area contributed by atoms with Crippen LogP contribution in [0.1, 0.15) is 0 Å². The summed E-state index contributed by atoms with van der Waals surface area (Å²) in [4.78, 5) is 0. The van der Waals surface area contributed by atoms with E-state index in [1.54, 1.807) is 0 Å². The highest BCUT2D eigenvalue weighted by Crippen LogP contribution is 2.26. The molecule has 12 heteroatoms. The zero-order chi connectivity index (χ0) is 24.6. The maximum Gasteiger partial charge on any atom is 0.267 e. The normalized spacial score (nSPS) is 10.9. The molecule has 0 radical (unpaired) electrons. The predicted molar refractivity (Wildman–Crippen MR) is 103 cm³/mol. The molecule has 0 aliphatic rings. The molecule has 0 atom stereocenters. The maximum atomic E-state index is 15.1. The zero-order valence-corrected chi connectivity index (χ0v) is 17.1. The molecular weight excluding hydrogens is 463 g/mol. The highest BCUT2D eigenvalue weighted by atomic mass is 19.2. The molecule has 0 N–H and O–H groups in total. The Kier molecular flexibility index (Phi) is 6.75. The van der Waals surface area contributed by atoms with Gasteiger partial charge in [-0.2, -0.15) is 0 Å². The van der Waals surface area contributed by atoms with Crippen molar-refractivity contribution in [3.8, 4) is 17.2 Å². The summed E-state index contributed by atoms with van der Waals surface area (Å²) in [6.45, 7) is -2.36. The lowest BCUT2D eigenvalue weighted by Crippen LogP contribution is -2.57. The average Bonchev–Trinajstić information content (AvgIpc) is 2.75. The van der Waals surface area contributed by atoms with Crippen molar-refractivity contribution in [3.63, 3.8) is 0 Å². The number of methoxy groups -OCH3 is 3. The smallest absolute Gasteiger partial charge is 0.267 e. The molecule has 0 bridgehead atoms. The molecule has 3 aromatic rings. The number of halogens is 8. The van der Waals surface area contributed by atoms with Gasteiger partial charge in [-0.15, -0.1) is 0 Å². The molecule has 0 saturated heterocycles. The van der Waals surface area contributed by atoms with Crippen LogP contribution >= 0.6 is 0 Å². The fourth-order valence-electron chi connectivity index (χ4n) is 3.57. The van der Waals surface area contributed by atoms with Crippen molar-refractivity contribution in [1.82, 2.24) is 0 Å². The van der Waals surface area contributed by atoms with E-state index < -0.39 is 86.9 Å². The van der Waals surface area contributed by atoms with Gasteiger partial charge >= 0.3 is 0 Å². The van der Waals surface area contributed by atoms with Crippen LogP contribution in [0.2, 0.25) is 0 Å². The van der Waals surface area contributed by atoms with Gasteiger partial charge in [0.05, 0.1) is 21.3 Å². The molecule has 0 aromatic heterocycles. The standard InChI is InChI=1S/C21H13BF8O3/c1-31-14-5-8(23)4-9(24)15(14)22(16-18(29)10(25)6-12(27)20(16)32-2)17-19(30)11(26)7-13(28)21(17)33-3/h4-7H,1-3H3. The quantitative estimate of drug-likeness (QED) is 0.311. The number of hydrogen-bond donors (Lipinski definition) is 0.